The fourth-order valence-electron chi connectivity index (χ4n) is 2.77. The van der Waals surface area contributed by atoms with Crippen LogP contribution >= 0.6 is 23.2 Å². The van der Waals surface area contributed by atoms with Crippen molar-refractivity contribution in [3.8, 4) is 0 Å². The quantitative estimate of drug-likeness (QED) is 0.918. The normalized spacial score (nSPS) is 25.3. The highest BCUT2D eigenvalue weighted by Crippen LogP contribution is 2.32. The van der Waals surface area contributed by atoms with Crippen molar-refractivity contribution in [2.75, 3.05) is 19.6 Å². The van der Waals surface area contributed by atoms with Crippen molar-refractivity contribution in [3.63, 3.8) is 0 Å². The summed E-state index contributed by atoms with van der Waals surface area (Å²) in [6.07, 6.45) is 3.24. The summed E-state index contributed by atoms with van der Waals surface area (Å²) >= 11 is 12.3. The summed E-state index contributed by atoms with van der Waals surface area (Å²) in [5, 5.41) is 11.9. The van der Waals surface area contributed by atoms with E-state index in [4.69, 9.17) is 23.2 Å². The van der Waals surface area contributed by atoms with Crippen LogP contribution < -0.4 is 0 Å². The third-order valence-corrected chi connectivity index (χ3v) is 4.87. The Kier molecular flexibility index (Phi) is 5.13. The van der Waals surface area contributed by atoms with E-state index in [0.717, 1.165) is 44.5 Å². The Bertz CT molecular complexity index is 438. The van der Waals surface area contributed by atoms with Crippen molar-refractivity contribution in [1.29, 1.82) is 0 Å². The molecule has 1 saturated heterocycles. The lowest BCUT2D eigenvalue weighted by atomic mass is 9.88. The van der Waals surface area contributed by atoms with Crippen molar-refractivity contribution in [2.45, 2.75) is 38.2 Å². The first-order valence-corrected chi connectivity index (χ1v) is 7.67. The highest BCUT2D eigenvalue weighted by atomic mass is 35.5. The van der Waals surface area contributed by atoms with E-state index in [0.29, 0.717) is 16.5 Å². The molecule has 1 unspecified atom stereocenters. The molecule has 1 fully saturated rings. The highest BCUT2D eigenvalue weighted by molar-refractivity contribution is 6.42. The van der Waals surface area contributed by atoms with Crippen molar-refractivity contribution in [3.05, 3.63) is 33.8 Å². The summed E-state index contributed by atoms with van der Waals surface area (Å²) in [4.78, 5) is 2.39. The van der Waals surface area contributed by atoms with Crippen LogP contribution in [0.3, 0.4) is 0 Å². The monoisotopic (exact) mass is 301 g/mol. The smallest absolute Gasteiger partial charge is 0.0701 e. The second-order valence-electron chi connectivity index (χ2n) is 5.40. The summed E-state index contributed by atoms with van der Waals surface area (Å²) in [6.45, 7) is 5.24. The van der Waals surface area contributed by atoms with Gasteiger partial charge in [-0.15, -0.1) is 0 Å². The number of nitrogens with zero attached hydrogens (tertiary/aromatic N) is 1. The number of hydrogen-bond acceptors (Lipinski definition) is 2. The minimum absolute atomic E-state index is 0.562. The zero-order valence-electron chi connectivity index (χ0n) is 11.3. The van der Waals surface area contributed by atoms with Crippen molar-refractivity contribution >= 4 is 23.2 Å². The van der Waals surface area contributed by atoms with E-state index in [1.165, 1.54) is 0 Å². The largest absolute Gasteiger partial charge is 0.389 e. The maximum Gasteiger partial charge on any atom is 0.0701 e. The van der Waals surface area contributed by atoms with Gasteiger partial charge in [0.15, 0.2) is 0 Å². The summed E-state index contributed by atoms with van der Waals surface area (Å²) in [5.74, 6) is 0. The van der Waals surface area contributed by atoms with Gasteiger partial charge in [-0.2, -0.15) is 0 Å². The van der Waals surface area contributed by atoms with Crippen molar-refractivity contribution in [2.24, 2.45) is 0 Å². The Labute approximate surface area is 125 Å². The molecule has 0 amide bonds. The number of hydrogen-bond donors (Lipinski definition) is 1. The molecule has 19 heavy (non-hydrogen) atoms. The van der Waals surface area contributed by atoms with E-state index in [1.54, 1.807) is 6.07 Å². The zero-order chi connectivity index (χ0) is 13.9. The van der Waals surface area contributed by atoms with Gasteiger partial charge in [-0.3, -0.25) is 0 Å². The second-order valence-corrected chi connectivity index (χ2v) is 6.19. The molecule has 2 nitrogen and oxygen atoms in total. The molecule has 1 atom stereocenters. The Morgan fingerprint density at radius 3 is 2.79 bits per heavy atom. The average molecular weight is 302 g/mol. The van der Waals surface area contributed by atoms with Gasteiger partial charge < -0.3 is 10.0 Å². The van der Waals surface area contributed by atoms with Crippen LogP contribution in [0.4, 0.5) is 0 Å². The van der Waals surface area contributed by atoms with Crippen LogP contribution in [-0.4, -0.2) is 35.2 Å². The molecule has 0 bridgehead atoms. The Hall–Kier alpha value is -0.280. The van der Waals surface area contributed by atoms with E-state index in [2.05, 4.69) is 11.8 Å². The third-order valence-electron chi connectivity index (χ3n) is 4.01. The molecule has 106 valence electrons. The Morgan fingerprint density at radius 1 is 1.26 bits per heavy atom. The van der Waals surface area contributed by atoms with Gasteiger partial charge in [0.2, 0.25) is 0 Å². The predicted molar refractivity (Wildman–Crippen MR) is 81.1 cm³/mol. The zero-order valence-corrected chi connectivity index (χ0v) is 12.8. The van der Waals surface area contributed by atoms with E-state index < -0.39 is 5.60 Å². The standard InChI is InChI=1S/C15H21Cl2NO/c1-2-18-9-4-7-15(19,8-10-18)11-12-5-3-6-13(16)14(12)17/h3,5-6,19H,2,4,7-11H2,1H3. The molecule has 0 spiro atoms. The van der Waals surface area contributed by atoms with Gasteiger partial charge in [-0.05, 0) is 44.0 Å². The molecule has 1 N–H and O–H groups in total. The lowest BCUT2D eigenvalue weighted by Gasteiger charge is -2.27. The molecule has 0 aliphatic carbocycles. The number of aliphatic hydroxyl groups is 1. The van der Waals surface area contributed by atoms with Crippen LogP contribution in [-0.2, 0) is 6.42 Å². The van der Waals surface area contributed by atoms with Gasteiger partial charge in [0.1, 0.15) is 0 Å². The fourth-order valence-corrected chi connectivity index (χ4v) is 3.15. The number of benzene rings is 1. The van der Waals surface area contributed by atoms with Crippen LogP contribution in [0, 0.1) is 0 Å². The molecule has 2 rings (SSSR count). The van der Waals surface area contributed by atoms with E-state index >= 15 is 0 Å². The minimum atomic E-state index is -0.655. The SMILES string of the molecule is CCN1CCCC(O)(Cc2cccc(Cl)c2Cl)CC1. The molecule has 0 radical (unpaired) electrons. The molecule has 0 aromatic heterocycles. The van der Waals surface area contributed by atoms with Gasteiger partial charge in [-0.25, -0.2) is 0 Å². The van der Waals surface area contributed by atoms with Crippen LogP contribution in [0.5, 0.6) is 0 Å². The van der Waals surface area contributed by atoms with Crippen LogP contribution in [0.25, 0.3) is 0 Å². The maximum atomic E-state index is 10.8. The summed E-state index contributed by atoms with van der Waals surface area (Å²) in [5.41, 5.74) is 0.291. The molecule has 4 heteroatoms. The first kappa shape index (κ1) is 15.1. The lowest BCUT2D eigenvalue weighted by Crippen LogP contribution is -2.33. The van der Waals surface area contributed by atoms with Gasteiger partial charge >= 0.3 is 0 Å². The number of rotatable bonds is 3. The second kappa shape index (κ2) is 6.45. The summed E-state index contributed by atoms with van der Waals surface area (Å²) in [6, 6.07) is 5.62. The van der Waals surface area contributed by atoms with E-state index in [9.17, 15) is 5.11 Å². The number of likely N-dealkylation sites (tertiary alicyclic amines) is 1. The molecule has 1 aromatic carbocycles. The van der Waals surface area contributed by atoms with Crippen LogP contribution in [0.1, 0.15) is 31.7 Å². The van der Waals surface area contributed by atoms with E-state index in [-0.39, 0.29) is 0 Å². The lowest BCUT2D eigenvalue weighted by molar-refractivity contribution is 0.0258. The van der Waals surface area contributed by atoms with Crippen LogP contribution in [0.15, 0.2) is 18.2 Å². The molecule has 1 aromatic rings. The highest BCUT2D eigenvalue weighted by Gasteiger charge is 2.30. The molecular weight excluding hydrogens is 281 g/mol. The first-order chi connectivity index (χ1) is 9.04. The van der Waals surface area contributed by atoms with Gasteiger partial charge in [0, 0.05) is 13.0 Å². The van der Waals surface area contributed by atoms with Crippen LogP contribution in [0.2, 0.25) is 10.0 Å². The Balaban J connectivity index is 2.10. The number of halogens is 2. The summed E-state index contributed by atoms with van der Waals surface area (Å²) in [7, 11) is 0. The molecule has 0 saturated carbocycles. The van der Waals surface area contributed by atoms with Gasteiger partial charge in [-0.1, -0.05) is 42.3 Å². The molecular formula is C15H21Cl2NO. The molecule has 1 aliphatic rings. The topological polar surface area (TPSA) is 23.5 Å². The van der Waals surface area contributed by atoms with Crippen molar-refractivity contribution in [1.82, 2.24) is 4.90 Å². The molecule has 1 aliphatic heterocycles. The van der Waals surface area contributed by atoms with Gasteiger partial charge in [0.05, 0.1) is 15.6 Å². The van der Waals surface area contributed by atoms with Gasteiger partial charge in [0.25, 0.3) is 0 Å². The minimum Gasteiger partial charge on any atom is -0.389 e. The fraction of sp³-hybridized carbons (Fsp3) is 0.600. The van der Waals surface area contributed by atoms with E-state index in [1.807, 2.05) is 12.1 Å². The predicted octanol–water partition coefficient (Wildman–Crippen LogP) is 3.77. The Morgan fingerprint density at radius 2 is 2.05 bits per heavy atom. The first-order valence-electron chi connectivity index (χ1n) is 6.92. The molecule has 1 heterocycles. The third kappa shape index (κ3) is 3.85. The average Bonchev–Trinajstić information content (AvgIpc) is 2.57. The summed E-state index contributed by atoms with van der Waals surface area (Å²) < 4.78 is 0. The maximum absolute atomic E-state index is 10.8. The van der Waals surface area contributed by atoms with Crippen molar-refractivity contribution < 1.29 is 5.11 Å².